The van der Waals surface area contributed by atoms with E-state index in [0.717, 1.165) is 60.2 Å². The smallest absolute Gasteiger partial charge is 0.253 e. The molecule has 38 heavy (non-hydrogen) atoms. The van der Waals surface area contributed by atoms with Crippen molar-refractivity contribution in [2.24, 2.45) is 0 Å². The molecule has 0 spiro atoms. The molecule has 3 aromatic carbocycles. The molecule has 1 aromatic heterocycles. The molecular weight excluding hydrogens is 482 g/mol. The van der Waals surface area contributed by atoms with Crippen molar-refractivity contribution in [2.45, 2.75) is 52.0 Å². The van der Waals surface area contributed by atoms with E-state index in [9.17, 15) is 18.4 Å². The molecule has 1 saturated heterocycles. The van der Waals surface area contributed by atoms with E-state index in [-0.39, 0.29) is 24.0 Å². The highest BCUT2D eigenvalue weighted by molar-refractivity contribution is 6.11. The molecule has 0 atom stereocenters. The number of fused-ring (bicyclic) bond motifs is 1. The van der Waals surface area contributed by atoms with Crippen LogP contribution in [0.1, 0.15) is 76.6 Å². The highest BCUT2D eigenvalue weighted by Crippen LogP contribution is 2.34. The minimum absolute atomic E-state index is 0.0224. The van der Waals surface area contributed by atoms with Crippen molar-refractivity contribution in [1.82, 2.24) is 9.47 Å². The lowest BCUT2D eigenvalue weighted by Crippen LogP contribution is -2.27. The Morgan fingerprint density at radius 1 is 0.868 bits per heavy atom. The van der Waals surface area contributed by atoms with Gasteiger partial charge in [-0.25, -0.2) is 8.78 Å². The lowest BCUT2D eigenvalue weighted by atomic mass is 9.96. The number of carbonyl (C=O) groups excluding carboxylic acids is 2. The molecule has 0 aliphatic carbocycles. The van der Waals surface area contributed by atoms with Gasteiger partial charge in [-0.05, 0) is 60.6 Å². The number of amides is 1. The van der Waals surface area contributed by atoms with Gasteiger partial charge >= 0.3 is 0 Å². The first-order chi connectivity index (χ1) is 18.3. The van der Waals surface area contributed by atoms with Gasteiger partial charge in [0.15, 0.2) is 17.4 Å². The number of ketones is 1. The van der Waals surface area contributed by atoms with Gasteiger partial charge in [0.25, 0.3) is 5.91 Å². The molecule has 4 nitrogen and oxygen atoms in total. The molecule has 1 aliphatic heterocycles. The van der Waals surface area contributed by atoms with Gasteiger partial charge in [-0.15, -0.1) is 0 Å². The monoisotopic (exact) mass is 514 g/mol. The molecule has 0 saturated carbocycles. The van der Waals surface area contributed by atoms with Crippen LogP contribution in [-0.4, -0.2) is 34.2 Å². The number of nitrogens with zero attached hydrogens (tertiary/aromatic N) is 2. The molecule has 1 aliphatic rings. The highest BCUT2D eigenvalue weighted by Gasteiger charge is 2.26. The van der Waals surface area contributed by atoms with Crippen LogP contribution in [-0.2, 0) is 13.0 Å². The van der Waals surface area contributed by atoms with E-state index >= 15 is 0 Å². The molecular formula is C32H32F2N2O2. The van der Waals surface area contributed by atoms with Crippen LogP contribution in [0.2, 0.25) is 0 Å². The second-order valence-corrected chi connectivity index (χ2v) is 10.4. The third-order valence-electron chi connectivity index (χ3n) is 7.38. The van der Waals surface area contributed by atoms with Crippen molar-refractivity contribution in [2.75, 3.05) is 13.1 Å². The Balaban J connectivity index is 1.58. The number of benzene rings is 3. The minimum Gasteiger partial charge on any atom is -0.339 e. The first kappa shape index (κ1) is 25.8. The van der Waals surface area contributed by atoms with Crippen LogP contribution >= 0.6 is 0 Å². The summed E-state index contributed by atoms with van der Waals surface area (Å²) in [6, 6.07) is 19.5. The van der Waals surface area contributed by atoms with Crippen LogP contribution in [0, 0.1) is 11.6 Å². The summed E-state index contributed by atoms with van der Waals surface area (Å²) in [6.45, 7) is 6.25. The molecule has 2 heterocycles. The molecule has 1 fully saturated rings. The second kappa shape index (κ2) is 10.9. The molecule has 6 heteroatoms. The van der Waals surface area contributed by atoms with Crippen molar-refractivity contribution < 1.29 is 18.4 Å². The van der Waals surface area contributed by atoms with Crippen molar-refractivity contribution >= 4 is 22.6 Å². The van der Waals surface area contributed by atoms with Crippen LogP contribution in [0.5, 0.6) is 0 Å². The number of halogens is 2. The number of likely N-dealkylation sites (tertiary alicyclic amines) is 1. The zero-order valence-corrected chi connectivity index (χ0v) is 21.8. The van der Waals surface area contributed by atoms with Crippen LogP contribution in [0.4, 0.5) is 8.78 Å². The van der Waals surface area contributed by atoms with Gasteiger partial charge in [0.1, 0.15) is 0 Å². The van der Waals surface area contributed by atoms with Crippen molar-refractivity contribution in [3.63, 3.8) is 0 Å². The first-order valence-electron chi connectivity index (χ1n) is 13.3. The van der Waals surface area contributed by atoms with Gasteiger partial charge in [-0.2, -0.15) is 0 Å². The zero-order valence-electron chi connectivity index (χ0n) is 21.8. The predicted octanol–water partition coefficient (Wildman–Crippen LogP) is 7.14. The lowest BCUT2D eigenvalue weighted by Gasteiger charge is -2.17. The fourth-order valence-electron chi connectivity index (χ4n) is 5.51. The van der Waals surface area contributed by atoms with Crippen LogP contribution in [0.15, 0.2) is 66.7 Å². The normalized spacial score (nSPS) is 13.6. The van der Waals surface area contributed by atoms with Crippen molar-refractivity contribution in [3.05, 3.63) is 106 Å². The molecule has 5 rings (SSSR count). The fraction of sp³-hybridized carbons (Fsp3) is 0.312. The van der Waals surface area contributed by atoms with Crippen LogP contribution in [0.25, 0.3) is 10.9 Å². The number of hydrogen-bond donors (Lipinski definition) is 0. The summed E-state index contributed by atoms with van der Waals surface area (Å²) in [5.41, 5.74) is 4.73. The highest BCUT2D eigenvalue weighted by atomic mass is 19.2. The summed E-state index contributed by atoms with van der Waals surface area (Å²) in [7, 11) is 0. The Kier molecular flexibility index (Phi) is 7.41. The third-order valence-corrected chi connectivity index (χ3v) is 7.38. The number of hydrogen-bond acceptors (Lipinski definition) is 2. The van der Waals surface area contributed by atoms with Crippen molar-refractivity contribution in [1.29, 1.82) is 0 Å². The Bertz CT molecular complexity index is 1480. The van der Waals surface area contributed by atoms with E-state index < -0.39 is 11.6 Å². The SMILES string of the molecule is CC(C)c1c(C(=O)CCc2ccc(F)c(F)c2)c2ccc(C(=O)N3CCCC3)cc2n1Cc1ccccc1. The van der Waals surface area contributed by atoms with E-state index in [1.54, 1.807) is 0 Å². The van der Waals surface area contributed by atoms with Gasteiger partial charge < -0.3 is 9.47 Å². The van der Waals surface area contributed by atoms with Gasteiger partial charge in [-0.1, -0.05) is 56.3 Å². The van der Waals surface area contributed by atoms with E-state index in [2.05, 4.69) is 30.5 Å². The first-order valence-corrected chi connectivity index (χ1v) is 13.3. The number of aromatic nitrogens is 1. The van der Waals surface area contributed by atoms with Crippen LogP contribution in [0.3, 0.4) is 0 Å². The molecule has 0 bridgehead atoms. The Labute approximate surface area is 221 Å². The largest absolute Gasteiger partial charge is 0.339 e. The summed E-state index contributed by atoms with van der Waals surface area (Å²) in [6.07, 6.45) is 2.52. The predicted molar refractivity (Wildman–Crippen MR) is 146 cm³/mol. The van der Waals surface area contributed by atoms with Gasteiger partial charge in [0.2, 0.25) is 0 Å². The quantitative estimate of drug-likeness (QED) is 0.235. The second-order valence-electron chi connectivity index (χ2n) is 10.4. The topological polar surface area (TPSA) is 42.3 Å². The summed E-state index contributed by atoms with van der Waals surface area (Å²) in [5, 5.41) is 0.817. The molecule has 0 radical (unpaired) electrons. The summed E-state index contributed by atoms with van der Waals surface area (Å²) in [5.74, 6) is -1.79. The Hall–Kier alpha value is -3.80. The maximum atomic E-state index is 13.7. The maximum absolute atomic E-state index is 13.7. The summed E-state index contributed by atoms with van der Waals surface area (Å²) < 4.78 is 29.3. The Morgan fingerprint density at radius 2 is 1.61 bits per heavy atom. The zero-order chi connectivity index (χ0) is 26.8. The average molecular weight is 515 g/mol. The summed E-state index contributed by atoms with van der Waals surface area (Å²) in [4.78, 5) is 28.9. The molecule has 1 amide bonds. The average Bonchev–Trinajstić information content (AvgIpc) is 3.56. The Morgan fingerprint density at radius 3 is 2.29 bits per heavy atom. The van der Waals surface area contributed by atoms with Gasteiger partial charge in [0, 0.05) is 48.3 Å². The van der Waals surface area contributed by atoms with E-state index in [0.29, 0.717) is 29.7 Å². The van der Waals surface area contributed by atoms with Crippen LogP contribution < -0.4 is 0 Å². The van der Waals surface area contributed by atoms with E-state index in [1.165, 1.54) is 6.07 Å². The third kappa shape index (κ3) is 5.13. The lowest BCUT2D eigenvalue weighted by molar-refractivity contribution is 0.0792. The number of carbonyl (C=O) groups is 2. The van der Waals surface area contributed by atoms with E-state index in [1.807, 2.05) is 41.3 Å². The van der Waals surface area contributed by atoms with Gasteiger partial charge in [-0.3, -0.25) is 9.59 Å². The molecule has 4 aromatic rings. The number of Topliss-reactive ketones (excluding diaryl/α,β-unsaturated/α-hetero) is 1. The van der Waals surface area contributed by atoms with Gasteiger partial charge in [0.05, 0.1) is 5.52 Å². The molecule has 196 valence electrons. The van der Waals surface area contributed by atoms with E-state index in [4.69, 9.17) is 0 Å². The number of rotatable bonds is 8. The molecule has 0 N–H and O–H groups in total. The number of aryl methyl sites for hydroxylation is 1. The summed E-state index contributed by atoms with van der Waals surface area (Å²) >= 11 is 0. The fourth-order valence-corrected chi connectivity index (χ4v) is 5.51. The minimum atomic E-state index is -0.910. The van der Waals surface area contributed by atoms with Crippen molar-refractivity contribution in [3.8, 4) is 0 Å². The standard InChI is InChI=1S/C32H32F2N2O2/c1-21(2)31-30(29(37)15-11-22-10-14-26(33)27(34)18-22)25-13-12-24(32(38)35-16-6-7-17-35)19-28(25)36(31)20-23-8-4-3-5-9-23/h3-5,8-10,12-14,18-19,21H,6-7,11,15-17,20H2,1-2H3. The maximum Gasteiger partial charge on any atom is 0.253 e. The molecule has 0 unspecified atom stereocenters.